The number of rotatable bonds is 2. The lowest BCUT2D eigenvalue weighted by atomic mass is 10.1. The van der Waals surface area contributed by atoms with Crippen molar-refractivity contribution in [3.8, 4) is 12.3 Å². The summed E-state index contributed by atoms with van der Waals surface area (Å²) >= 11 is 0. The van der Waals surface area contributed by atoms with Gasteiger partial charge in [-0.05, 0) is 24.0 Å². The number of carboxylic acid groups (broad SMARTS) is 1. The van der Waals surface area contributed by atoms with Crippen molar-refractivity contribution in [3.63, 3.8) is 0 Å². The highest BCUT2D eigenvalue weighted by Crippen LogP contribution is 2.30. The van der Waals surface area contributed by atoms with Crippen molar-refractivity contribution in [1.29, 1.82) is 0 Å². The number of nitrogens with one attached hydrogen (secondary N) is 1. The van der Waals surface area contributed by atoms with E-state index < -0.39 is 0 Å². The molecule has 1 aliphatic carbocycles. The maximum absolute atomic E-state index is 8.36. The van der Waals surface area contributed by atoms with E-state index in [0.29, 0.717) is 12.6 Å². The molecule has 1 aromatic rings. The lowest BCUT2D eigenvalue weighted by Crippen LogP contribution is -2.19. The summed E-state index contributed by atoms with van der Waals surface area (Å²) in [6.45, 7) is 0.416. The van der Waals surface area contributed by atoms with Crippen LogP contribution in [0.3, 0.4) is 0 Å². The van der Waals surface area contributed by atoms with Crippen LogP contribution < -0.4 is 5.32 Å². The van der Waals surface area contributed by atoms with Gasteiger partial charge in [-0.3, -0.25) is 10.1 Å². The Hall–Kier alpha value is -1.79. The van der Waals surface area contributed by atoms with Gasteiger partial charge in [-0.25, -0.2) is 0 Å². The van der Waals surface area contributed by atoms with Crippen molar-refractivity contribution in [2.45, 2.75) is 18.9 Å². The number of fused-ring (bicyclic) bond motifs is 1. The SMILES string of the molecule is C#CCN[C@@H]1CCc2ccccc21.O=CO. The van der Waals surface area contributed by atoms with Crippen molar-refractivity contribution in [2.75, 3.05) is 6.54 Å². The molecule has 0 fully saturated rings. The largest absolute Gasteiger partial charge is 0.483 e. The van der Waals surface area contributed by atoms with Crippen LogP contribution in [0.4, 0.5) is 0 Å². The van der Waals surface area contributed by atoms with Crippen LogP contribution in [0.2, 0.25) is 0 Å². The van der Waals surface area contributed by atoms with E-state index in [1.165, 1.54) is 24.0 Å². The van der Waals surface area contributed by atoms with Gasteiger partial charge < -0.3 is 5.11 Å². The lowest BCUT2D eigenvalue weighted by Gasteiger charge is -2.10. The van der Waals surface area contributed by atoms with E-state index in [1.807, 2.05) is 0 Å². The quantitative estimate of drug-likeness (QED) is 0.584. The van der Waals surface area contributed by atoms with E-state index >= 15 is 0 Å². The van der Waals surface area contributed by atoms with Crippen LogP contribution in [0, 0.1) is 12.3 Å². The first kappa shape index (κ1) is 12.3. The Kier molecular flexibility index (Phi) is 5.10. The summed E-state index contributed by atoms with van der Waals surface area (Å²) in [4.78, 5) is 8.36. The molecular weight excluding hydrogens is 202 g/mol. The van der Waals surface area contributed by atoms with Gasteiger partial charge in [0.05, 0.1) is 6.54 Å². The molecule has 0 saturated heterocycles. The summed E-state index contributed by atoms with van der Waals surface area (Å²) in [6.07, 6.45) is 7.57. The number of aryl methyl sites for hydroxylation is 1. The molecular formula is C13H15NO2. The van der Waals surface area contributed by atoms with Gasteiger partial charge in [0, 0.05) is 6.04 Å². The van der Waals surface area contributed by atoms with E-state index in [2.05, 4.69) is 35.5 Å². The van der Waals surface area contributed by atoms with Gasteiger partial charge in [-0.15, -0.1) is 6.42 Å². The number of hydrogen-bond acceptors (Lipinski definition) is 2. The third kappa shape index (κ3) is 3.11. The van der Waals surface area contributed by atoms with Gasteiger partial charge >= 0.3 is 0 Å². The third-order valence-corrected chi connectivity index (χ3v) is 2.58. The topological polar surface area (TPSA) is 49.3 Å². The summed E-state index contributed by atoms with van der Waals surface area (Å²) in [5.74, 6) is 2.61. The Balaban J connectivity index is 0.000000386. The van der Waals surface area contributed by atoms with Crippen molar-refractivity contribution >= 4 is 6.47 Å². The summed E-state index contributed by atoms with van der Waals surface area (Å²) in [5, 5.41) is 10.2. The fraction of sp³-hybridized carbons (Fsp3) is 0.308. The lowest BCUT2D eigenvalue weighted by molar-refractivity contribution is -0.122. The summed E-state index contributed by atoms with van der Waals surface area (Å²) in [7, 11) is 0. The van der Waals surface area contributed by atoms with E-state index in [-0.39, 0.29) is 6.47 Å². The van der Waals surface area contributed by atoms with E-state index in [4.69, 9.17) is 16.3 Å². The second-order valence-corrected chi connectivity index (χ2v) is 3.48. The van der Waals surface area contributed by atoms with Gasteiger partial charge in [-0.2, -0.15) is 0 Å². The normalized spacial score (nSPS) is 16.6. The molecule has 1 atom stereocenters. The molecule has 84 valence electrons. The standard InChI is InChI=1S/C12H13N.CH2O2/c1-2-9-13-12-8-7-10-5-3-4-6-11(10)12;2-1-3/h1,3-6,12-13H,7-9H2;1H,(H,2,3)/t12-;/m1./s1. The predicted molar refractivity (Wildman–Crippen MR) is 63.0 cm³/mol. The maximum Gasteiger partial charge on any atom is 0.290 e. The molecule has 0 bridgehead atoms. The van der Waals surface area contributed by atoms with Crippen LogP contribution in [0.5, 0.6) is 0 Å². The van der Waals surface area contributed by atoms with E-state index in [0.717, 1.165) is 0 Å². The Bertz CT molecular complexity index is 382. The Morgan fingerprint density at radius 2 is 2.25 bits per heavy atom. The van der Waals surface area contributed by atoms with Gasteiger partial charge in [0.2, 0.25) is 0 Å². The fourth-order valence-corrected chi connectivity index (χ4v) is 1.95. The van der Waals surface area contributed by atoms with E-state index in [1.54, 1.807) is 0 Å². The molecule has 0 unspecified atom stereocenters. The minimum absolute atomic E-state index is 0.250. The molecule has 0 aliphatic heterocycles. The number of benzene rings is 1. The number of terminal acetylenes is 1. The molecule has 0 saturated carbocycles. The monoisotopic (exact) mass is 217 g/mol. The van der Waals surface area contributed by atoms with Crippen molar-refractivity contribution in [2.24, 2.45) is 0 Å². The average molecular weight is 217 g/mol. The molecule has 1 aromatic carbocycles. The molecule has 3 nitrogen and oxygen atoms in total. The second-order valence-electron chi connectivity index (χ2n) is 3.48. The molecule has 0 heterocycles. The Labute approximate surface area is 95.5 Å². The zero-order valence-electron chi connectivity index (χ0n) is 9.02. The summed E-state index contributed by atoms with van der Waals surface area (Å²) < 4.78 is 0. The van der Waals surface area contributed by atoms with Crippen molar-refractivity contribution in [3.05, 3.63) is 35.4 Å². The average Bonchev–Trinajstić information content (AvgIpc) is 2.71. The predicted octanol–water partition coefficient (Wildman–Crippen LogP) is 1.60. The maximum atomic E-state index is 8.36. The number of hydrogen-bond donors (Lipinski definition) is 2. The first-order chi connectivity index (χ1) is 7.83. The zero-order valence-corrected chi connectivity index (χ0v) is 9.02. The highest BCUT2D eigenvalue weighted by atomic mass is 16.3. The fourth-order valence-electron chi connectivity index (χ4n) is 1.95. The van der Waals surface area contributed by atoms with Crippen LogP contribution in [-0.4, -0.2) is 18.1 Å². The van der Waals surface area contributed by atoms with Gasteiger partial charge in [-0.1, -0.05) is 30.2 Å². The van der Waals surface area contributed by atoms with Crippen LogP contribution in [0.1, 0.15) is 23.6 Å². The minimum Gasteiger partial charge on any atom is -0.483 e. The van der Waals surface area contributed by atoms with Gasteiger partial charge in [0.25, 0.3) is 6.47 Å². The molecule has 2 N–H and O–H groups in total. The van der Waals surface area contributed by atoms with E-state index in [9.17, 15) is 0 Å². The van der Waals surface area contributed by atoms with Crippen LogP contribution in [0.25, 0.3) is 0 Å². The molecule has 16 heavy (non-hydrogen) atoms. The molecule has 0 amide bonds. The molecule has 3 heteroatoms. The Morgan fingerprint density at radius 3 is 2.94 bits per heavy atom. The summed E-state index contributed by atoms with van der Waals surface area (Å²) in [5.41, 5.74) is 2.90. The molecule has 1 aliphatic rings. The van der Waals surface area contributed by atoms with Crippen LogP contribution >= 0.6 is 0 Å². The summed E-state index contributed by atoms with van der Waals surface area (Å²) in [6, 6.07) is 9.06. The first-order valence-corrected chi connectivity index (χ1v) is 5.16. The van der Waals surface area contributed by atoms with Crippen molar-refractivity contribution in [1.82, 2.24) is 5.32 Å². The third-order valence-electron chi connectivity index (χ3n) is 2.58. The van der Waals surface area contributed by atoms with Crippen molar-refractivity contribution < 1.29 is 9.90 Å². The highest BCUT2D eigenvalue weighted by molar-refractivity contribution is 5.34. The van der Waals surface area contributed by atoms with Crippen LogP contribution in [0.15, 0.2) is 24.3 Å². The Morgan fingerprint density at radius 1 is 1.56 bits per heavy atom. The molecule has 0 aromatic heterocycles. The second kappa shape index (κ2) is 6.65. The smallest absolute Gasteiger partial charge is 0.290 e. The molecule has 0 radical (unpaired) electrons. The molecule has 2 rings (SSSR count). The minimum atomic E-state index is -0.250. The highest BCUT2D eigenvalue weighted by Gasteiger charge is 2.20. The van der Waals surface area contributed by atoms with Gasteiger partial charge in [0.1, 0.15) is 0 Å². The first-order valence-electron chi connectivity index (χ1n) is 5.16. The number of carbonyl (C=O) groups is 1. The zero-order chi connectivity index (χ0) is 11.8. The van der Waals surface area contributed by atoms with Gasteiger partial charge in [0.15, 0.2) is 0 Å². The molecule has 0 spiro atoms. The van der Waals surface area contributed by atoms with Crippen LogP contribution in [-0.2, 0) is 11.2 Å².